The fourth-order valence-electron chi connectivity index (χ4n) is 4.55. The highest BCUT2D eigenvalue weighted by Gasteiger charge is 2.29. The van der Waals surface area contributed by atoms with Crippen LogP contribution in [0.4, 0.5) is 5.69 Å². The smallest absolute Gasteiger partial charge is 0.339 e. The minimum Gasteiger partial charge on any atom is -0.449 e. The molecule has 0 spiro atoms. The fourth-order valence-corrected chi connectivity index (χ4v) is 5.01. The quantitative estimate of drug-likeness (QED) is 0.295. The van der Waals surface area contributed by atoms with Gasteiger partial charge in [0.15, 0.2) is 6.10 Å². The molecular formula is C29H25Cl2N3O3. The number of halogens is 2. The summed E-state index contributed by atoms with van der Waals surface area (Å²) < 4.78 is 5.70. The van der Waals surface area contributed by atoms with Crippen LogP contribution in [-0.4, -0.2) is 34.4 Å². The minimum atomic E-state index is -1.05. The molecule has 0 radical (unpaired) electrons. The summed E-state index contributed by atoms with van der Waals surface area (Å²) in [5.41, 5.74) is 4.52. The van der Waals surface area contributed by atoms with E-state index in [4.69, 9.17) is 32.9 Å². The summed E-state index contributed by atoms with van der Waals surface area (Å²) >= 11 is 12.1. The van der Waals surface area contributed by atoms with E-state index < -0.39 is 18.0 Å². The molecule has 2 heterocycles. The Morgan fingerprint density at radius 1 is 1.05 bits per heavy atom. The molecule has 0 saturated carbocycles. The third-order valence-corrected chi connectivity index (χ3v) is 6.97. The predicted molar refractivity (Wildman–Crippen MR) is 146 cm³/mol. The van der Waals surface area contributed by atoms with E-state index in [1.54, 1.807) is 12.1 Å². The molecule has 1 N–H and O–H groups in total. The number of benzene rings is 3. The molecule has 1 aliphatic rings. The number of ether oxygens (including phenoxy) is 1. The first kappa shape index (κ1) is 25.2. The second kappa shape index (κ2) is 10.9. The molecule has 1 aliphatic heterocycles. The summed E-state index contributed by atoms with van der Waals surface area (Å²) in [6.07, 6.45) is -0.330. The fraction of sp³-hybridized carbons (Fsp3) is 0.207. The minimum absolute atomic E-state index is 0.298. The molecule has 0 bridgehead atoms. The van der Waals surface area contributed by atoms with Gasteiger partial charge in [-0.3, -0.25) is 14.7 Å². The maximum absolute atomic E-state index is 13.6. The highest BCUT2D eigenvalue weighted by atomic mass is 35.5. The number of nitrogens with zero attached hydrogens (tertiary/aromatic N) is 2. The zero-order valence-corrected chi connectivity index (χ0v) is 21.7. The number of anilines is 1. The molecule has 3 aromatic carbocycles. The lowest BCUT2D eigenvalue weighted by Gasteiger charge is -2.30. The lowest BCUT2D eigenvalue weighted by molar-refractivity contribution is -0.123. The van der Waals surface area contributed by atoms with Gasteiger partial charge in [-0.2, -0.15) is 0 Å². The number of carbonyl (C=O) groups is 2. The van der Waals surface area contributed by atoms with Gasteiger partial charge in [-0.1, -0.05) is 71.7 Å². The molecule has 1 atom stereocenters. The number of rotatable bonds is 6. The number of amides is 1. The molecule has 188 valence electrons. The molecule has 1 aromatic heterocycles. The highest BCUT2D eigenvalue weighted by molar-refractivity contribution is 6.36. The van der Waals surface area contributed by atoms with Gasteiger partial charge in [-0.05, 0) is 36.8 Å². The number of esters is 1. The standard InChI is InChI=1S/C29H25Cl2N3O3/c1-18(28(35)33-26-12-11-20(30)15-23(26)31)37-29(36)27-21-9-5-6-10-24(21)32-25-13-14-34(17-22(25)27)16-19-7-3-2-4-8-19/h2-12,15,18H,13-14,16-17H2,1H3,(H,33,35). The van der Waals surface area contributed by atoms with Crippen molar-refractivity contribution in [3.8, 4) is 0 Å². The second-order valence-electron chi connectivity index (χ2n) is 9.04. The Balaban J connectivity index is 1.40. The normalized spacial score (nSPS) is 14.1. The van der Waals surface area contributed by atoms with Crippen molar-refractivity contribution < 1.29 is 14.3 Å². The van der Waals surface area contributed by atoms with Crippen LogP contribution >= 0.6 is 23.2 Å². The van der Waals surface area contributed by atoms with Crippen LogP contribution in [0.1, 0.15) is 34.1 Å². The summed E-state index contributed by atoms with van der Waals surface area (Å²) in [4.78, 5) is 33.5. The van der Waals surface area contributed by atoms with Crippen molar-refractivity contribution >= 4 is 51.7 Å². The topological polar surface area (TPSA) is 71.5 Å². The number of fused-ring (bicyclic) bond motifs is 2. The van der Waals surface area contributed by atoms with Gasteiger partial charge in [0, 0.05) is 47.7 Å². The van der Waals surface area contributed by atoms with Crippen molar-refractivity contribution in [3.05, 3.63) is 105 Å². The average Bonchev–Trinajstić information content (AvgIpc) is 2.89. The summed E-state index contributed by atoms with van der Waals surface area (Å²) in [6.45, 7) is 3.70. The van der Waals surface area contributed by atoms with E-state index in [9.17, 15) is 9.59 Å². The van der Waals surface area contributed by atoms with E-state index in [1.807, 2.05) is 42.5 Å². The maximum atomic E-state index is 13.6. The Kier molecular flexibility index (Phi) is 7.42. The first-order chi connectivity index (χ1) is 17.9. The van der Waals surface area contributed by atoms with Crippen LogP contribution < -0.4 is 5.32 Å². The van der Waals surface area contributed by atoms with Crippen LogP contribution in [0.3, 0.4) is 0 Å². The monoisotopic (exact) mass is 533 g/mol. The van der Waals surface area contributed by atoms with E-state index >= 15 is 0 Å². The molecule has 0 fully saturated rings. The largest absolute Gasteiger partial charge is 0.449 e. The number of carbonyl (C=O) groups excluding carboxylic acids is 2. The van der Waals surface area contributed by atoms with Gasteiger partial charge in [0.25, 0.3) is 5.91 Å². The first-order valence-corrected chi connectivity index (χ1v) is 12.8. The van der Waals surface area contributed by atoms with Crippen molar-refractivity contribution in [3.63, 3.8) is 0 Å². The molecule has 6 nitrogen and oxygen atoms in total. The summed E-state index contributed by atoms with van der Waals surface area (Å²) in [5.74, 6) is -1.04. The predicted octanol–water partition coefficient (Wildman–Crippen LogP) is 6.28. The van der Waals surface area contributed by atoms with Crippen molar-refractivity contribution in [2.24, 2.45) is 0 Å². The van der Waals surface area contributed by atoms with Crippen LogP contribution in [0.2, 0.25) is 10.0 Å². The van der Waals surface area contributed by atoms with E-state index in [0.717, 1.165) is 36.3 Å². The Morgan fingerprint density at radius 2 is 1.81 bits per heavy atom. The number of aromatic nitrogens is 1. The Bertz CT molecular complexity index is 1480. The van der Waals surface area contributed by atoms with Crippen LogP contribution in [0.15, 0.2) is 72.8 Å². The van der Waals surface area contributed by atoms with Crippen LogP contribution in [0, 0.1) is 0 Å². The third kappa shape index (κ3) is 5.62. The molecule has 37 heavy (non-hydrogen) atoms. The summed E-state index contributed by atoms with van der Waals surface area (Å²) in [7, 11) is 0. The SMILES string of the molecule is CC(OC(=O)c1c2c(nc3ccccc13)CCN(Cc1ccccc1)C2)C(=O)Nc1ccc(Cl)cc1Cl. The lowest BCUT2D eigenvalue weighted by Crippen LogP contribution is -2.34. The zero-order chi connectivity index (χ0) is 25.9. The molecule has 4 aromatic rings. The van der Waals surface area contributed by atoms with Crippen molar-refractivity contribution in [2.75, 3.05) is 11.9 Å². The van der Waals surface area contributed by atoms with Crippen LogP contribution in [0.5, 0.6) is 0 Å². The van der Waals surface area contributed by atoms with E-state index in [1.165, 1.54) is 18.6 Å². The van der Waals surface area contributed by atoms with Crippen LogP contribution in [-0.2, 0) is 29.0 Å². The molecule has 5 rings (SSSR count). The highest BCUT2D eigenvalue weighted by Crippen LogP contribution is 2.30. The molecule has 0 aliphatic carbocycles. The molecule has 1 amide bonds. The molecule has 0 saturated heterocycles. The Labute approximate surface area is 225 Å². The summed E-state index contributed by atoms with van der Waals surface area (Å²) in [5, 5.41) is 4.16. The number of hydrogen-bond acceptors (Lipinski definition) is 5. The summed E-state index contributed by atoms with van der Waals surface area (Å²) in [6, 6.07) is 22.5. The van der Waals surface area contributed by atoms with Gasteiger partial charge in [-0.25, -0.2) is 4.79 Å². The van der Waals surface area contributed by atoms with Gasteiger partial charge in [0.05, 0.1) is 21.8 Å². The number of pyridine rings is 1. The number of hydrogen-bond donors (Lipinski definition) is 1. The zero-order valence-electron chi connectivity index (χ0n) is 20.2. The van der Waals surface area contributed by atoms with E-state index in [2.05, 4.69) is 22.3 Å². The Hall–Kier alpha value is -3.45. The first-order valence-electron chi connectivity index (χ1n) is 12.0. The van der Waals surface area contributed by atoms with Gasteiger partial charge in [0.2, 0.25) is 0 Å². The van der Waals surface area contributed by atoms with Crippen LogP contribution in [0.25, 0.3) is 10.9 Å². The molecule has 1 unspecified atom stereocenters. The lowest BCUT2D eigenvalue weighted by atomic mass is 9.95. The van der Waals surface area contributed by atoms with Gasteiger partial charge < -0.3 is 10.1 Å². The second-order valence-corrected chi connectivity index (χ2v) is 9.88. The van der Waals surface area contributed by atoms with Crippen molar-refractivity contribution in [1.82, 2.24) is 9.88 Å². The van der Waals surface area contributed by atoms with Gasteiger partial charge >= 0.3 is 5.97 Å². The van der Waals surface area contributed by atoms with Crippen molar-refractivity contribution in [1.29, 1.82) is 0 Å². The maximum Gasteiger partial charge on any atom is 0.339 e. The van der Waals surface area contributed by atoms with E-state index in [0.29, 0.717) is 33.2 Å². The van der Waals surface area contributed by atoms with Gasteiger partial charge in [-0.15, -0.1) is 0 Å². The number of para-hydroxylation sites is 1. The number of nitrogens with one attached hydrogen (secondary N) is 1. The molecule has 8 heteroatoms. The average molecular weight is 534 g/mol. The molecular weight excluding hydrogens is 509 g/mol. The van der Waals surface area contributed by atoms with Gasteiger partial charge in [0.1, 0.15) is 0 Å². The Morgan fingerprint density at radius 3 is 2.59 bits per heavy atom. The third-order valence-electron chi connectivity index (χ3n) is 6.42. The van der Waals surface area contributed by atoms with E-state index in [-0.39, 0.29) is 0 Å². The van der Waals surface area contributed by atoms with Crippen molar-refractivity contribution in [2.45, 2.75) is 32.5 Å².